The second kappa shape index (κ2) is 12.1. The number of aromatic hydroxyl groups is 1. The molecule has 8 nitrogen and oxygen atoms in total. The summed E-state index contributed by atoms with van der Waals surface area (Å²) in [6, 6.07) is 21.3. The molecule has 47 heavy (non-hydrogen) atoms. The van der Waals surface area contributed by atoms with E-state index < -0.39 is 53.4 Å². The molecule has 3 heterocycles. The number of unbranched alkanes of at least 4 members (excludes halogenated alkanes) is 2. The Labute approximate surface area is 276 Å². The second-order valence-electron chi connectivity index (χ2n) is 14.3. The van der Waals surface area contributed by atoms with Crippen molar-refractivity contribution in [3.05, 3.63) is 95.6 Å². The number of carboxylic acid groups (broad SMARTS) is 1. The van der Waals surface area contributed by atoms with E-state index in [0.717, 1.165) is 56.9 Å². The van der Waals surface area contributed by atoms with E-state index in [1.807, 2.05) is 48.5 Å². The van der Waals surface area contributed by atoms with Gasteiger partial charge in [-0.3, -0.25) is 19.3 Å². The van der Waals surface area contributed by atoms with Gasteiger partial charge in [0.05, 0.1) is 12.1 Å². The third-order valence-electron chi connectivity index (χ3n) is 11.8. The molecule has 0 radical (unpaired) electrons. The summed E-state index contributed by atoms with van der Waals surface area (Å²) in [5.41, 5.74) is 0.961. The standard InChI is InChI=1S/C39H44N2O6/c1-3-4-11-22-38(2)23-12-10-16-28(38)31-33(24-13-6-5-7-14-24)47-36(45)32-30(35(43)44)39(27-15-8-9-17-29(27)40-37(39)46)34(41(31)32)25-18-20-26(42)21-19-25/h5-9,13-15,17-21,28,30-34,42H,3-4,10-12,16,22-23H2,1-2H3,(H,40,46)(H,43,44)/t28?,30-,31-,32-,33+,34+,38?,39-/m1/s1. The molecule has 1 amide bonds. The van der Waals surface area contributed by atoms with Gasteiger partial charge in [-0.2, -0.15) is 0 Å². The van der Waals surface area contributed by atoms with E-state index in [9.17, 15) is 24.6 Å². The van der Waals surface area contributed by atoms with Gasteiger partial charge in [0.1, 0.15) is 29.2 Å². The zero-order chi connectivity index (χ0) is 32.9. The van der Waals surface area contributed by atoms with Gasteiger partial charge in [0.25, 0.3) is 0 Å². The van der Waals surface area contributed by atoms with Gasteiger partial charge in [-0.15, -0.1) is 0 Å². The molecule has 2 saturated heterocycles. The van der Waals surface area contributed by atoms with Gasteiger partial charge in [-0.1, -0.05) is 107 Å². The Morgan fingerprint density at radius 2 is 1.68 bits per heavy atom. The average Bonchev–Trinajstić information content (AvgIpc) is 3.55. The van der Waals surface area contributed by atoms with Crippen molar-refractivity contribution in [2.24, 2.45) is 17.3 Å². The Morgan fingerprint density at radius 3 is 2.40 bits per heavy atom. The van der Waals surface area contributed by atoms with Gasteiger partial charge < -0.3 is 20.3 Å². The molecule has 0 aromatic heterocycles. The molecule has 3 fully saturated rings. The molecule has 4 aliphatic rings. The Kier molecular flexibility index (Phi) is 8.11. The number of para-hydroxylation sites is 1. The van der Waals surface area contributed by atoms with Crippen LogP contribution < -0.4 is 5.32 Å². The highest BCUT2D eigenvalue weighted by Gasteiger charge is 2.75. The number of carboxylic acids is 1. The largest absolute Gasteiger partial charge is 0.508 e. The number of nitrogens with one attached hydrogen (secondary N) is 1. The van der Waals surface area contributed by atoms with Crippen LogP contribution in [0.3, 0.4) is 0 Å². The topological polar surface area (TPSA) is 116 Å². The number of aliphatic carboxylic acids is 1. The molecular formula is C39H44N2O6. The number of phenolic OH excluding ortho intramolecular Hbond substituents is 1. The fourth-order valence-electron chi connectivity index (χ4n) is 9.75. The van der Waals surface area contributed by atoms with Crippen LogP contribution in [0.5, 0.6) is 5.75 Å². The van der Waals surface area contributed by atoms with Crippen LogP contribution in [0.4, 0.5) is 5.69 Å². The highest BCUT2D eigenvalue weighted by Crippen LogP contribution is 2.64. The molecule has 3 aromatic rings. The molecule has 1 aliphatic carbocycles. The maximum absolute atomic E-state index is 14.6. The smallest absolute Gasteiger partial charge is 0.325 e. The first kappa shape index (κ1) is 31.4. The number of carbonyl (C=O) groups is 3. The Hall–Kier alpha value is -4.17. The lowest BCUT2D eigenvalue weighted by Gasteiger charge is -2.54. The molecule has 8 atom stereocenters. The van der Waals surface area contributed by atoms with E-state index in [4.69, 9.17) is 4.74 Å². The van der Waals surface area contributed by atoms with E-state index in [0.29, 0.717) is 16.8 Å². The first-order valence-electron chi connectivity index (χ1n) is 17.2. The Bertz CT molecular complexity index is 1660. The van der Waals surface area contributed by atoms with E-state index in [1.165, 1.54) is 0 Å². The maximum atomic E-state index is 14.6. The number of carbonyl (C=O) groups excluding carboxylic acids is 2. The van der Waals surface area contributed by atoms with Gasteiger partial charge in [0.2, 0.25) is 5.91 Å². The van der Waals surface area contributed by atoms with Crippen LogP contribution in [-0.2, 0) is 24.5 Å². The minimum atomic E-state index is -1.62. The van der Waals surface area contributed by atoms with Gasteiger partial charge >= 0.3 is 11.9 Å². The lowest BCUT2D eigenvalue weighted by atomic mass is 9.60. The number of cyclic esters (lactones) is 1. The van der Waals surface area contributed by atoms with Crippen LogP contribution in [0, 0.1) is 17.3 Å². The molecule has 7 rings (SSSR count). The quantitative estimate of drug-likeness (QED) is 0.178. The first-order chi connectivity index (χ1) is 22.7. The van der Waals surface area contributed by atoms with E-state index in [-0.39, 0.29) is 17.1 Å². The number of anilines is 1. The number of nitrogens with zero attached hydrogens (tertiary/aromatic N) is 1. The van der Waals surface area contributed by atoms with Crippen molar-refractivity contribution in [3.63, 3.8) is 0 Å². The fourth-order valence-corrected chi connectivity index (χ4v) is 9.75. The molecule has 3 aliphatic heterocycles. The number of hydrogen-bond acceptors (Lipinski definition) is 6. The van der Waals surface area contributed by atoms with Crippen LogP contribution in [0.1, 0.15) is 94.1 Å². The van der Waals surface area contributed by atoms with Crippen LogP contribution in [-0.4, -0.2) is 45.0 Å². The van der Waals surface area contributed by atoms with Gasteiger partial charge in [0, 0.05) is 5.69 Å². The van der Waals surface area contributed by atoms with Crippen LogP contribution in [0.25, 0.3) is 0 Å². The van der Waals surface area contributed by atoms with E-state index in [2.05, 4.69) is 24.1 Å². The third kappa shape index (κ3) is 4.86. The highest BCUT2D eigenvalue weighted by molar-refractivity contribution is 6.11. The zero-order valence-corrected chi connectivity index (χ0v) is 27.1. The summed E-state index contributed by atoms with van der Waals surface area (Å²) in [5, 5.41) is 24.5. The molecule has 3 N–H and O–H groups in total. The number of phenols is 1. The van der Waals surface area contributed by atoms with Crippen molar-refractivity contribution in [1.29, 1.82) is 0 Å². The normalized spacial score (nSPS) is 33.2. The minimum Gasteiger partial charge on any atom is -0.508 e. The van der Waals surface area contributed by atoms with Crippen LogP contribution >= 0.6 is 0 Å². The summed E-state index contributed by atoms with van der Waals surface area (Å²) in [7, 11) is 0. The third-order valence-corrected chi connectivity index (χ3v) is 11.8. The predicted molar refractivity (Wildman–Crippen MR) is 178 cm³/mol. The number of esters is 1. The summed E-state index contributed by atoms with van der Waals surface area (Å²) in [6.07, 6.45) is 7.79. The number of rotatable bonds is 8. The summed E-state index contributed by atoms with van der Waals surface area (Å²) in [6.45, 7) is 4.58. The fraction of sp³-hybridized carbons (Fsp3) is 0.462. The first-order valence-corrected chi connectivity index (χ1v) is 17.2. The van der Waals surface area contributed by atoms with Crippen molar-refractivity contribution in [2.75, 3.05) is 5.32 Å². The number of benzene rings is 3. The second-order valence-corrected chi connectivity index (χ2v) is 14.3. The number of amides is 1. The average molecular weight is 637 g/mol. The summed E-state index contributed by atoms with van der Waals surface area (Å²) < 4.78 is 6.47. The number of hydrogen-bond donors (Lipinski definition) is 3. The Morgan fingerprint density at radius 1 is 0.957 bits per heavy atom. The van der Waals surface area contributed by atoms with Gasteiger partial charge in [0.15, 0.2) is 0 Å². The number of fused-ring (bicyclic) bond motifs is 3. The van der Waals surface area contributed by atoms with Crippen molar-refractivity contribution < 1.29 is 29.3 Å². The van der Waals surface area contributed by atoms with Gasteiger partial charge in [-0.25, -0.2) is 0 Å². The monoisotopic (exact) mass is 636 g/mol. The number of ether oxygens (including phenoxy) is 1. The molecule has 1 spiro atoms. The van der Waals surface area contributed by atoms with Crippen molar-refractivity contribution in [1.82, 2.24) is 4.90 Å². The molecular weight excluding hydrogens is 592 g/mol. The maximum Gasteiger partial charge on any atom is 0.325 e. The van der Waals surface area contributed by atoms with Crippen molar-refractivity contribution >= 4 is 23.5 Å². The molecule has 0 bridgehead atoms. The Balaban J connectivity index is 1.51. The summed E-state index contributed by atoms with van der Waals surface area (Å²) >= 11 is 0. The molecule has 3 aromatic carbocycles. The van der Waals surface area contributed by atoms with Crippen LogP contribution in [0.2, 0.25) is 0 Å². The minimum absolute atomic E-state index is 0.0657. The lowest BCUT2D eigenvalue weighted by molar-refractivity contribution is -0.188. The van der Waals surface area contributed by atoms with E-state index in [1.54, 1.807) is 30.3 Å². The molecule has 2 unspecified atom stereocenters. The van der Waals surface area contributed by atoms with Gasteiger partial charge in [-0.05, 0) is 65.5 Å². The summed E-state index contributed by atoms with van der Waals surface area (Å²) in [5.74, 6) is -3.55. The predicted octanol–water partition coefficient (Wildman–Crippen LogP) is 7.15. The van der Waals surface area contributed by atoms with E-state index >= 15 is 0 Å². The van der Waals surface area contributed by atoms with Crippen molar-refractivity contribution in [2.45, 2.75) is 94.9 Å². The van der Waals surface area contributed by atoms with Crippen molar-refractivity contribution in [3.8, 4) is 5.75 Å². The highest BCUT2D eigenvalue weighted by atomic mass is 16.6. The zero-order valence-electron chi connectivity index (χ0n) is 27.1. The molecule has 246 valence electrons. The molecule has 8 heteroatoms. The van der Waals surface area contributed by atoms with Crippen LogP contribution in [0.15, 0.2) is 78.9 Å². The lowest BCUT2D eigenvalue weighted by Crippen LogP contribution is -2.60. The summed E-state index contributed by atoms with van der Waals surface area (Å²) in [4.78, 5) is 44.8. The molecule has 1 saturated carbocycles. The SMILES string of the molecule is CCCCCC1(C)CCCCC1[C@@H]1[C@H](c2ccccc2)OC(=O)[C@H]2[C@H](C(=O)O)[C@@]3(C(=O)Nc4ccccc43)[C@H](c3ccc(O)cc3)N12. The number of morpholine rings is 1.